The number of halogens is 1. The molecule has 0 aliphatic heterocycles. The van der Waals surface area contributed by atoms with E-state index in [2.05, 4.69) is 20.8 Å². The summed E-state index contributed by atoms with van der Waals surface area (Å²) in [4.78, 5) is 13.9. The highest BCUT2D eigenvalue weighted by molar-refractivity contribution is 7.80. The first-order chi connectivity index (χ1) is 15.9. The molecule has 168 valence electrons. The molecule has 0 bridgehead atoms. The Morgan fingerprint density at radius 1 is 1.06 bits per heavy atom. The summed E-state index contributed by atoms with van der Waals surface area (Å²) in [6.45, 7) is 4.04. The van der Waals surface area contributed by atoms with Gasteiger partial charge in [0.2, 0.25) is 0 Å². The molecule has 1 atom stereocenters. The van der Waals surface area contributed by atoms with Crippen LogP contribution < -0.4 is 15.4 Å². The number of rotatable bonds is 6. The number of amides is 1. The number of ether oxygens (including phenoxy) is 1. The van der Waals surface area contributed by atoms with E-state index in [1.165, 1.54) is 16.9 Å². The van der Waals surface area contributed by atoms with Gasteiger partial charge in [-0.2, -0.15) is 4.80 Å². The van der Waals surface area contributed by atoms with Crippen LogP contribution in [0.5, 0.6) is 5.75 Å². The van der Waals surface area contributed by atoms with Gasteiger partial charge in [0, 0.05) is 11.3 Å². The molecule has 7 nitrogen and oxygen atoms in total. The fraction of sp³-hybridized carbons (Fsp3) is 0.167. The second-order valence-corrected chi connectivity index (χ2v) is 7.85. The summed E-state index contributed by atoms with van der Waals surface area (Å²) in [7, 11) is 0. The van der Waals surface area contributed by atoms with Gasteiger partial charge >= 0.3 is 0 Å². The molecule has 1 unspecified atom stereocenters. The van der Waals surface area contributed by atoms with Crippen molar-refractivity contribution in [3.05, 3.63) is 78.1 Å². The summed E-state index contributed by atoms with van der Waals surface area (Å²) in [5.74, 6) is 0.0578. The highest BCUT2D eigenvalue weighted by Crippen LogP contribution is 2.18. The zero-order chi connectivity index (χ0) is 23.4. The molecular formula is C24H22FN5O2S. The van der Waals surface area contributed by atoms with Crippen LogP contribution in [0.25, 0.3) is 16.7 Å². The van der Waals surface area contributed by atoms with E-state index in [-0.39, 0.29) is 22.9 Å². The topological polar surface area (TPSA) is 81.1 Å². The van der Waals surface area contributed by atoms with E-state index < -0.39 is 0 Å². The van der Waals surface area contributed by atoms with Crippen LogP contribution in [0.1, 0.15) is 30.6 Å². The summed E-state index contributed by atoms with van der Waals surface area (Å²) < 4.78 is 18.9. The quantitative estimate of drug-likeness (QED) is 0.398. The van der Waals surface area contributed by atoms with Crippen molar-refractivity contribution in [3.8, 4) is 11.4 Å². The van der Waals surface area contributed by atoms with E-state index in [0.29, 0.717) is 33.7 Å². The maximum atomic E-state index is 13.2. The van der Waals surface area contributed by atoms with Crippen molar-refractivity contribution < 1.29 is 13.9 Å². The molecule has 1 aromatic heterocycles. The lowest BCUT2D eigenvalue weighted by molar-refractivity contribution is 0.0977. The first-order valence-electron chi connectivity index (χ1n) is 10.4. The van der Waals surface area contributed by atoms with Crippen LogP contribution in [0.4, 0.5) is 10.1 Å². The molecule has 1 amide bonds. The van der Waals surface area contributed by atoms with Crippen molar-refractivity contribution in [2.45, 2.75) is 26.4 Å². The van der Waals surface area contributed by atoms with Crippen molar-refractivity contribution in [2.24, 2.45) is 0 Å². The summed E-state index contributed by atoms with van der Waals surface area (Å²) in [5.41, 5.74) is 3.05. The van der Waals surface area contributed by atoms with E-state index in [4.69, 9.17) is 17.0 Å². The molecule has 33 heavy (non-hydrogen) atoms. The average molecular weight is 464 g/mol. The molecule has 0 aliphatic rings. The van der Waals surface area contributed by atoms with Crippen molar-refractivity contribution in [1.82, 2.24) is 20.3 Å². The normalized spacial score (nSPS) is 11.7. The van der Waals surface area contributed by atoms with E-state index >= 15 is 0 Å². The number of hydrogen-bond donors (Lipinski definition) is 2. The van der Waals surface area contributed by atoms with Crippen LogP contribution in [0.2, 0.25) is 0 Å². The van der Waals surface area contributed by atoms with Crippen LogP contribution in [0.15, 0.2) is 66.7 Å². The SMILES string of the molecule is CCC(C)Oc1ccc(C(=O)NC(=S)Nc2ccc3nn(-c4ccc(F)cc4)nc3c2)cc1. The number of carbonyl (C=O) groups is 1. The fourth-order valence-electron chi connectivity index (χ4n) is 3.02. The van der Waals surface area contributed by atoms with Crippen LogP contribution in [0.3, 0.4) is 0 Å². The Bertz CT molecular complexity index is 1290. The molecular weight excluding hydrogens is 441 g/mol. The third-order valence-corrected chi connectivity index (χ3v) is 5.16. The van der Waals surface area contributed by atoms with Gasteiger partial charge in [-0.05, 0) is 92.3 Å². The smallest absolute Gasteiger partial charge is 0.257 e. The largest absolute Gasteiger partial charge is 0.491 e. The van der Waals surface area contributed by atoms with Gasteiger partial charge in [0.15, 0.2) is 5.11 Å². The molecule has 9 heteroatoms. The highest BCUT2D eigenvalue weighted by atomic mass is 32.1. The van der Waals surface area contributed by atoms with Gasteiger partial charge in [-0.1, -0.05) is 6.92 Å². The van der Waals surface area contributed by atoms with Gasteiger partial charge in [0.05, 0.1) is 11.8 Å². The number of anilines is 1. The predicted molar refractivity (Wildman–Crippen MR) is 129 cm³/mol. The van der Waals surface area contributed by atoms with Crippen molar-refractivity contribution in [3.63, 3.8) is 0 Å². The molecule has 0 spiro atoms. The third-order valence-electron chi connectivity index (χ3n) is 4.95. The highest BCUT2D eigenvalue weighted by Gasteiger charge is 2.11. The Kier molecular flexibility index (Phi) is 6.60. The van der Waals surface area contributed by atoms with Gasteiger partial charge in [0.1, 0.15) is 22.6 Å². The number of thiocarbonyl (C=S) groups is 1. The van der Waals surface area contributed by atoms with Gasteiger partial charge in [-0.15, -0.1) is 10.2 Å². The number of nitrogens with zero attached hydrogens (tertiary/aromatic N) is 3. The molecule has 4 rings (SSSR count). The summed E-state index contributed by atoms with van der Waals surface area (Å²) in [6.07, 6.45) is 1.01. The number of benzene rings is 3. The van der Waals surface area contributed by atoms with E-state index in [1.807, 2.05) is 13.8 Å². The number of hydrogen-bond acceptors (Lipinski definition) is 5. The van der Waals surface area contributed by atoms with Crippen LogP contribution >= 0.6 is 12.2 Å². The summed E-state index contributed by atoms with van der Waals surface area (Å²) in [5, 5.41) is 14.6. The Morgan fingerprint density at radius 2 is 1.76 bits per heavy atom. The third kappa shape index (κ3) is 5.50. The second-order valence-electron chi connectivity index (χ2n) is 7.44. The Morgan fingerprint density at radius 3 is 2.45 bits per heavy atom. The zero-order valence-electron chi connectivity index (χ0n) is 18.1. The predicted octanol–water partition coefficient (Wildman–Crippen LogP) is 4.86. The van der Waals surface area contributed by atoms with E-state index in [9.17, 15) is 9.18 Å². The minimum absolute atomic E-state index is 0.107. The fourth-order valence-corrected chi connectivity index (χ4v) is 3.23. The first-order valence-corrected chi connectivity index (χ1v) is 10.8. The van der Waals surface area contributed by atoms with Gasteiger partial charge in [0.25, 0.3) is 5.91 Å². The van der Waals surface area contributed by atoms with Crippen LogP contribution in [-0.4, -0.2) is 32.1 Å². The molecule has 2 N–H and O–H groups in total. The molecule has 0 aliphatic carbocycles. The lowest BCUT2D eigenvalue weighted by atomic mass is 10.2. The molecule has 0 radical (unpaired) electrons. The minimum atomic E-state index is -0.328. The standard InChI is InChI=1S/C24H22FN5O2S/c1-3-15(2)32-20-11-4-16(5-12-20)23(31)27-24(33)26-18-8-13-21-22(14-18)29-30(28-21)19-9-6-17(25)7-10-19/h4-15H,3H2,1-2H3,(H2,26,27,31,33). The van der Waals surface area contributed by atoms with Crippen LogP contribution in [0, 0.1) is 5.82 Å². The van der Waals surface area contributed by atoms with Crippen LogP contribution in [-0.2, 0) is 0 Å². The van der Waals surface area contributed by atoms with Crippen molar-refractivity contribution in [1.29, 1.82) is 0 Å². The number of nitrogens with one attached hydrogen (secondary N) is 2. The Labute approximate surface area is 195 Å². The van der Waals surface area contributed by atoms with Gasteiger partial charge in [-0.25, -0.2) is 4.39 Å². The molecule has 0 fully saturated rings. The lowest BCUT2D eigenvalue weighted by Crippen LogP contribution is -2.34. The monoisotopic (exact) mass is 463 g/mol. The van der Waals surface area contributed by atoms with Gasteiger partial charge in [-0.3, -0.25) is 10.1 Å². The average Bonchev–Trinajstić information content (AvgIpc) is 3.23. The zero-order valence-corrected chi connectivity index (χ0v) is 18.9. The lowest BCUT2D eigenvalue weighted by Gasteiger charge is -2.13. The molecule has 0 saturated heterocycles. The minimum Gasteiger partial charge on any atom is -0.491 e. The molecule has 0 saturated carbocycles. The molecule has 4 aromatic rings. The number of carbonyl (C=O) groups excluding carboxylic acids is 1. The maximum absolute atomic E-state index is 13.2. The maximum Gasteiger partial charge on any atom is 0.257 e. The molecule has 1 heterocycles. The number of aromatic nitrogens is 3. The number of fused-ring (bicyclic) bond motifs is 1. The summed E-state index contributed by atoms with van der Waals surface area (Å²) >= 11 is 5.28. The van der Waals surface area contributed by atoms with Crippen molar-refractivity contribution >= 4 is 40.0 Å². The Hall–Kier alpha value is -3.85. The van der Waals surface area contributed by atoms with Crippen molar-refractivity contribution in [2.75, 3.05) is 5.32 Å². The van der Waals surface area contributed by atoms with E-state index in [1.54, 1.807) is 54.6 Å². The second kappa shape index (κ2) is 9.74. The van der Waals surface area contributed by atoms with E-state index in [0.717, 1.165) is 6.42 Å². The summed E-state index contributed by atoms with van der Waals surface area (Å²) in [6, 6.07) is 18.1. The first kappa shape index (κ1) is 22.3. The van der Waals surface area contributed by atoms with Gasteiger partial charge < -0.3 is 10.1 Å². The Balaban J connectivity index is 1.40. The molecule has 3 aromatic carbocycles.